The Balaban J connectivity index is 1.66. The molecule has 0 spiro atoms. The monoisotopic (exact) mass is 389 g/mol. The number of hydrogen-bond acceptors (Lipinski definition) is 4. The van der Waals surface area contributed by atoms with Crippen molar-refractivity contribution in [3.63, 3.8) is 0 Å². The Morgan fingerprint density at radius 2 is 1.69 bits per heavy atom. The lowest BCUT2D eigenvalue weighted by Crippen LogP contribution is -2.10. The van der Waals surface area contributed by atoms with Gasteiger partial charge in [-0.2, -0.15) is 0 Å². The normalized spacial score (nSPS) is 15.8. The Kier molecular flexibility index (Phi) is 4.49. The summed E-state index contributed by atoms with van der Waals surface area (Å²) in [6.45, 7) is 4.41. The zero-order valence-electron chi connectivity index (χ0n) is 17.4. The van der Waals surface area contributed by atoms with E-state index >= 15 is 0 Å². The Hall–Kier alpha value is -2.89. The molecular formula is C23H27N5O. The van der Waals surface area contributed by atoms with Gasteiger partial charge in [0.05, 0.1) is 12.5 Å². The maximum absolute atomic E-state index is 5.26. The Morgan fingerprint density at radius 1 is 0.966 bits per heavy atom. The van der Waals surface area contributed by atoms with Crippen molar-refractivity contribution in [1.82, 2.24) is 24.1 Å². The van der Waals surface area contributed by atoms with Crippen LogP contribution in [-0.4, -0.2) is 31.3 Å². The molecule has 1 saturated carbocycles. The van der Waals surface area contributed by atoms with Crippen molar-refractivity contribution in [1.29, 1.82) is 0 Å². The zero-order valence-corrected chi connectivity index (χ0v) is 17.4. The molecule has 0 saturated heterocycles. The van der Waals surface area contributed by atoms with Crippen molar-refractivity contribution in [2.75, 3.05) is 7.11 Å². The third-order valence-electron chi connectivity index (χ3n) is 6.41. The fourth-order valence-electron chi connectivity index (χ4n) is 4.71. The number of nitrogens with zero attached hydrogens (tertiary/aromatic N) is 5. The summed E-state index contributed by atoms with van der Waals surface area (Å²) in [7, 11) is 1.67. The molecule has 0 aliphatic heterocycles. The number of aryl methyl sites for hydroxylation is 1. The minimum Gasteiger partial charge on any atom is -0.497 e. The lowest BCUT2D eigenvalue weighted by Gasteiger charge is -2.19. The van der Waals surface area contributed by atoms with E-state index in [0.29, 0.717) is 11.9 Å². The van der Waals surface area contributed by atoms with Gasteiger partial charge in [-0.15, -0.1) is 5.10 Å². The minimum atomic E-state index is 0.535. The Bertz CT molecular complexity index is 1160. The quantitative estimate of drug-likeness (QED) is 0.448. The highest BCUT2D eigenvalue weighted by Gasteiger charge is 2.23. The number of ether oxygens (including phenoxy) is 1. The average Bonchev–Trinajstić information content (AvgIpc) is 3.15. The van der Waals surface area contributed by atoms with Gasteiger partial charge in [-0.05, 0) is 56.5 Å². The van der Waals surface area contributed by atoms with Gasteiger partial charge in [0, 0.05) is 17.3 Å². The molecule has 5 rings (SSSR count). The number of methoxy groups -OCH3 is 1. The molecule has 0 unspecified atom stereocenters. The molecule has 0 radical (unpaired) electrons. The fraction of sp³-hybridized carbons (Fsp3) is 0.435. The van der Waals surface area contributed by atoms with E-state index in [0.717, 1.165) is 28.0 Å². The highest BCUT2D eigenvalue weighted by molar-refractivity contribution is 5.94. The van der Waals surface area contributed by atoms with E-state index in [-0.39, 0.29) is 0 Å². The SMILES string of the molecule is COc1ccc(-c2nc3c4c(C)c(C)n(C5CCCCCC5)c4ncn3n2)cc1. The largest absolute Gasteiger partial charge is 0.497 e. The fourth-order valence-corrected chi connectivity index (χ4v) is 4.71. The van der Waals surface area contributed by atoms with E-state index < -0.39 is 0 Å². The number of hydrogen-bond donors (Lipinski definition) is 0. The topological polar surface area (TPSA) is 57.2 Å². The lowest BCUT2D eigenvalue weighted by molar-refractivity contribution is 0.415. The van der Waals surface area contributed by atoms with Gasteiger partial charge in [0.25, 0.3) is 0 Å². The summed E-state index contributed by atoms with van der Waals surface area (Å²) in [5.74, 6) is 1.54. The van der Waals surface area contributed by atoms with E-state index in [1.807, 2.05) is 35.1 Å². The summed E-state index contributed by atoms with van der Waals surface area (Å²) in [5, 5.41) is 5.82. The van der Waals surface area contributed by atoms with Crippen LogP contribution in [0.15, 0.2) is 30.6 Å². The summed E-state index contributed by atoms with van der Waals surface area (Å²) in [6.07, 6.45) is 9.59. The zero-order chi connectivity index (χ0) is 20.0. The minimum absolute atomic E-state index is 0.535. The second-order valence-electron chi connectivity index (χ2n) is 8.10. The Morgan fingerprint density at radius 3 is 2.38 bits per heavy atom. The van der Waals surface area contributed by atoms with E-state index in [1.54, 1.807) is 7.11 Å². The average molecular weight is 390 g/mol. The van der Waals surface area contributed by atoms with Crippen molar-refractivity contribution >= 4 is 16.7 Å². The number of fused-ring (bicyclic) bond motifs is 3. The molecule has 6 heteroatoms. The van der Waals surface area contributed by atoms with Crippen LogP contribution in [0, 0.1) is 13.8 Å². The molecule has 0 amide bonds. The molecule has 1 fully saturated rings. The first kappa shape index (κ1) is 18.2. The second kappa shape index (κ2) is 7.17. The summed E-state index contributed by atoms with van der Waals surface area (Å²) < 4.78 is 9.54. The van der Waals surface area contributed by atoms with Crippen LogP contribution in [0.3, 0.4) is 0 Å². The Labute approximate surface area is 170 Å². The molecule has 1 aromatic carbocycles. The highest BCUT2D eigenvalue weighted by atomic mass is 16.5. The summed E-state index contributed by atoms with van der Waals surface area (Å²) >= 11 is 0. The van der Waals surface area contributed by atoms with Crippen LogP contribution in [0.2, 0.25) is 0 Å². The summed E-state index contributed by atoms with van der Waals surface area (Å²) in [5.41, 5.74) is 5.47. The van der Waals surface area contributed by atoms with Gasteiger partial charge in [0.2, 0.25) is 0 Å². The predicted octanol–water partition coefficient (Wildman–Crippen LogP) is 5.27. The van der Waals surface area contributed by atoms with Crippen LogP contribution in [0.5, 0.6) is 5.75 Å². The third kappa shape index (κ3) is 2.98. The molecule has 150 valence electrons. The van der Waals surface area contributed by atoms with E-state index in [9.17, 15) is 0 Å². The van der Waals surface area contributed by atoms with E-state index in [1.165, 1.54) is 49.8 Å². The molecule has 1 aliphatic rings. The molecule has 0 atom stereocenters. The van der Waals surface area contributed by atoms with Crippen LogP contribution in [0.1, 0.15) is 55.8 Å². The number of aromatic nitrogens is 5. The molecule has 3 heterocycles. The van der Waals surface area contributed by atoms with Crippen molar-refractivity contribution in [2.24, 2.45) is 0 Å². The molecule has 1 aliphatic carbocycles. The molecule has 29 heavy (non-hydrogen) atoms. The predicted molar refractivity (Wildman–Crippen MR) is 114 cm³/mol. The van der Waals surface area contributed by atoms with Crippen molar-refractivity contribution in [3.8, 4) is 17.1 Å². The van der Waals surface area contributed by atoms with Crippen LogP contribution >= 0.6 is 0 Å². The first-order valence-corrected chi connectivity index (χ1v) is 10.5. The second-order valence-corrected chi connectivity index (χ2v) is 8.10. The first-order valence-electron chi connectivity index (χ1n) is 10.5. The molecule has 3 aromatic heterocycles. The summed E-state index contributed by atoms with van der Waals surface area (Å²) in [6, 6.07) is 8.40. The van der Waals surface area contributed by atoms with Crippen molar-refractivity contribution < 1.29 is 4.74 Å². The van der Waals surface area contributed by atoms with Crippen molar-refractivity contribution in [2.45, 2.75) is 58.4 Å². The maximum atomic E-state index is 5.26. The molecule has 4 aromatic rings. The van der Waals surface area contributed by atoms with Gasteiger partial charge in [-0.1, -0.05) is 25.7 Å². The van der Waals surface area contributed by atoms with Crippen molar-refractivity contribution in [3.05, 3.63) is 41.9 Å². The number of rotatable bonds is 3. The van der Waals surface area contributed by atoms with Crippen LogP contribution in [-0.2, 0) is 0 Å². The van der Waals surface area contributed by atoms with Crippen LogP contribution < -0.4 is 4.74 Å². The van der Waals surface area contributed by atoms with Gasteiger partial charge in [0.1, 0.15) is 17.7 Å². The van der Waals surface area contributed by atoms with Gasteiger partial charge >= 0.3 is 0 Å². The van der Waals surface area contributed by atoms with Gasteiger partial charge in [0.15, 0.2) is 11.5 Å². The van der Waals surface area contributed by atoms with Crippen LogP contribution in [0.25, 0.3) is 28.1 Å². The van der Waals surface area contributed by atoms with E-state index in [4.69, 9.17) is 14.7 Å². The van der Waals surface area contributed by atoms with E-state index in [2.05, 4.69) is 23.5 Å². The van der Waals surface area contributed by atoms with Gasteiger partial charge in [-0.3, -0.25) is 0 Å². The van der Waals surface area contributed by atoms with Crippen LogP contribution in [0.4, 0.5) is 0 Å². The molecular weight excluding hydrogens is 362 g/mol. The smallest absolute Gasteiger partial charge is 0.182 e. The first-order chi connectivity index (χ1) is 14.2. The molecule has 0 N–H and O–H groups in total. The molecule has 6 nitrogen and oxygen atoms in total. The standard InChI is InChI=1S/C23H27N5O/c1-15-16(2)28(18-8-6-4-5-7-9-18)22-20(15)23-25-21(26-27(23)14-24-22)17-10-12-19(29-3)13-11-17/h10-14,18H,4-9H2,1-3H3. The lowest BCUT2D eigenvalue weighted by atomic mass is 10.1. The third-order valence-corrected chi connectivity index (χ3v) is 6.41. The highest BCUT2D eigenvalue weighted by Crippen LogP contribution is 2.35. The maximum Gasteiger partial charge on any atom is 0.182 e. The summed E-state index contributed by atoms with van der Waals surface area (Å²) in [4.78, 5) is 9.74. The van der Waals surface area contributed by atoms with Gasteiger partial charge in [-0.25, -0.2) is 14.5 Å². The molecule has 0 bridgehead atoms. The number of benzene rings is 1. The van der Waals surface area contributed by atoms with Gasteiger partial charge < -0.3 is 9.30 Å².